The smallest absolute Gasteiger partial charge is 0.191 e. The highest BCUT2D eigenvalue weighted by atomic mass is 127. The van der Waals surface area contributed by atoms with Gasteiger partial charge in [-0.2, -0.15) is 0 Å². The van der Waals surface area contributed by atoms with Gasteiger partial charge in [0.1, 0.15) is 0 Å². The summed E-state index contributed by atoms with van der Waals surface area (Å²) in [6.07, 6.45) is 0. The first-order valence-corrected chi connectivity index (χ1v) is 9.72. The molecule has 27 heavy (non-hydrogen) atoms. The van der Waals surface area contributed by atoms with Crippen LogP contribution in [0.1, 0.15) is 31.0 Å². The molecule has 1 aromatic rings. The number of halogens is 1. The molecule has 0 aliphatic carbocycles. The molecule has 1 heterocycles. The lowest BCUT2D eigenvalue weighted by Gasteiger charge is -2.34. The topological polar surface area (TPSA) is 58.1 Å². The highest BCUT2D eigenvalue weighted by Crippen LogP contribution is 2.23. The molecule has 6 nitrogen and oxygen atoms in total. The number of nitrogens with one attached hydrogen (secondary N) is 2. The van der Waals surface area contributed by atoms with Crippen molar-refractivity contribution < 1.29 is 9.47 Å². The molecule has 0 aromatic heterocycles. The third kappa shape index (κ3) is 8.76. The fourth-order valence-corrected chi connectivity index (χ4v) is 3.10. The summed E-state index contributed by atoms with van der Waals surface area (Å²) in [7, 11) is 0. The van der Waals surface area contributed by atoms with Crippen molar-refractivity contribution in [1.82, 2.24) is 15.5 Å². The summed E-state index contributed by atoms with van der Waals surface area (Å²) in [5.74, 6) is 0.845. The van der Waals surface area contributed by atoms with Crippen molar-refractivity contribution in [3.8, 4) is 0 Å². The van der Waals surface area contributed by atoms with E-state index in [1.54, 1.807) is 0 Å². The van der Waals surface area contributed by atoms with Crippen LogP contribution in [0.15, 0.2) is 29.3 Å². The second kappa shape index (κ2) is 14.1. The van der Waals surface area contributed by atoms with E-state index < -0.39 is 0 Å². The van der Waals surface area contributed by atoms with Gasteiger partial charge in [0.05, 0.1) is 32.4 Å². The SMILES string of the molecule is CCNC(=NCC(c1cccc(C)c1)N1CCOCC1)NCCOCC.I. The molecule has 1 unspecified atom stereocenters. The van der Waals surface area contributed by atoms with E-state index in [1.807, 2.05) is 6.92 Å². The summed E-state index contributed by atoms with van der Waals surface area (Å²) in [5, 5.41) is 6.67. The van der Waals surface area contributed by atoms with Crippen LogP contribution in [0.3, 0.4) is 0 Å². The van der Waals surface area contributed by atoms with Gasteiger partial charge in [-0.15, -0.1) is 24.0 Å². The van der Waals surface area contributed by atoms with E-state index in [-0.39, 0.29) is 30.0 Å². The van der Waals surface area contributed by atoms with Crippen molar-refractivity contribution in [3.63, 3.8) is 0 Å². The normalized spacial score (nSPS) is 16.5. The van der Waals surface area contributed by atoms with Gasteiger partial charge < -0.3 is 20.1 Å². The lowest BCUT2D eigenvalue weighted by atomic mass is 10.0. The van der Waals surface area contributed by atoms with Gasteiger partial charge in [-0.25, -0.2) is 0 Å². The maximum Gasteiger partial charge on any atom is 0.191 e. The molecule has 1 saturated heterocycles. The average Bonchev–Trinajstić information content (AvgIpc) is 2.66. The molecule has 0 radical (unpaired) electrons. The predicted molar refractivity (Wildman–Crippen MR) is 122 cm³/mol. The monoisotopic (exact) mass is 490 g/mol. The summed E-state index contributed by atoms with van der Waals surface area (Å²) < 4.78 is 10.9. The number of guanidine groups is 1. The van der Waals surface area contributed by atoms with Crippen LogP contribution in [0.5, 0.6) is 0 Å². The van der Waals surface area contributed by atoms with Crippen LogP contribution >= 0.6 is 24.0 Å². The molecule has 1 fully saturated rings. The van der Waals surface area contributed by atoms with Crippen molar-refractivity contribution in [2.24, 2.45) is 4.99 Å². The van der Waals surface area contributed by atoms with E-state index >= 15 is 0 Å². The molecule has 1 aliphatic heterocycles. The van der Waals surface area contributed by atoms with Crippen LogP contribution in [0.4, 0.5) is 0 Å². The van der Waals surface area contributed by atoms with Crippen LogP contribution in [0, 0.1) is 6.92 Å². The summed E-state index contributed by atoms with van der Waals surface area (Å²) >= 11 is 0. The second-order valence-corrected chi connectivity index (χ2v) is 6.42. The number of ether oxygens (including phenoxy) is 2. The molecule has 2 rings (SSSR count). The first-order chi connectivity index (χ1) is 12.7. The largest absolute Gasteiger partial charge is 0.380 e. The minimum atomic E-state index is 0. The number of nitrogens with zero attached hydrogens (tertiary/aromatic N) is 2. The Morgan fingerprint density at radius 2 is 2.04 bits per heavy atom. The van der Waals surface area contributed by atoms with Crippen molar-refractivity contribution in [2.75, 3.05) is 59.2 Å². The summed E-state index contributed by atoms with van der Waals surface area (Å²) in [6.45, 7) is 13.4. The molecule has 1 aromatic carbocycles. The number of rotatable bonds is 9. The number of aryl methyl sites for hydroxylation is 1. The molecule has 0 spiro atoms. The van der Waals surface area contributed by atoms with Gasteiger partial charge in [0.2, 0.25) is 0 Å². The standard InChI is InChI=1S/C20H34N4O2.HI/c1-4-21-20(22-9-12-25-5-2)23-16-19(24-10-13-26-14-11-24)18-8-6-7-17(3)15-18;/h6-8,15,19H,4-5,9-14,16H2,1-3H3,(H2,21,22,23);1H. The quantitative estimate of drug-likeness (QED) is 0.241. The maximum absolute atomic E-state index is 5.53. The molecule has 0 bridgehead atoms. The Balaban J connectivity index is 0.00000364. The van der Waals surface area contributed by atoms with Crippen LogP contribution in [-0.4, -0.2) is 70.0 Å². The van der Waals surface area contributed by atoms with Crippen molar-refractivity contribution >= 4 is 29.9 Å². The van der Waals surface area contributed by atoms with Gasteiger partial charge in [0.15, 0.2) is 5.96 Å². The fraction of sp³-hybridized carbons (Fsp3) is 0.650. The lowest BCUT2D eigenvalue weighted by molar-refractivity contribution is 0.0179. The van der Waals surface area contributed by atoms with E-state index in [0.717, 1.165) is 52.0 Å². The van der Waals surface area contributed by atoms with Gasteiger partial charge >= 0.3 is 0 Å². The number of morpholine rings is 1. The van der Waals surface area contributed by atoms with Crippen molar-refractivity contribution in [3.05, 3.63) is 35.4 Å². The minimum absolute atomic E-state index is 0. The zero-order valence-electron chi connectivity index (χ0n) is 16.9. The average molecular weight is 490 g/mol. The van der Waals surface area contributed by atoms with Crippen molar-refractivity contribution in [2.45, 2.75) is 26.8 Å². The Hall–Kier alpha value is -0.900. The van der Waals surface area contributed by atoms with Gasteiger partial charge in [-0.05, 0) is 26.3 Å². The van der Waals surface area contributed by atoms with E-state index in [1.165, 1.54) is 11.1 Å². The van der Waals surface area contributed by atoms with Crippen LogP contribution in [-0.2, 0) is 9.47 Å². The first kappa shape index (κ1) is 24.1. The number of hydrogen-bond acceptors (Lipinski definition) is 4. The summed E-state index contributed by atoms with van der Waals surface area (Å²) in [6, 6.07) is 9.01. The van der Waals surface area contributed by atoms with Crippen molar-refractivity contribution in [1.29, 1.82) is 0 Å². The maximum atomic E-state index is 5.53. The van der Waals surface area contributed by atoms with E-state index in [2.05, 4.69) is 53.6 Å². The Morgan fingerprint density at radius 3 is 2.70 bits per heavy atom. The molecule has 1 aliphatic rings. The third-order valence-corrected chi connectivity index (χ3v) is 4.42. The van der Waals surface area contributed by atoms with E-state index in [0.29, 0.717) is 13.2 Å². The predicted octanol–water partition coefficient (Wildman–Crippen LogP) is 2.58. The Labute approximate surface area is 181 Å². The van der Waals surface area contributed by atoms with Gasteiger partial charge in [0, 0.05) is 32.8 Å². The highest BCUT2D eigenvalue weighted by Gasteiger charge is 2.22. The van der Waals surface area contributed by atoms with E-state index in [9.17, 15) is 0 Å². The summed E-state index contributed by atoms with van der Waals surface area (Å²) in [5.41, 5.74) is 2.60. The zero-order valence-corrected chi connectivity index (χ0v) is 19.2. The lowest BCUT2D eigenvalue weighted by Crippen LogP contribution is -2.42. The first-order valence-electron chi connectivity index (χ1n) is 9.72. The van der Waals surface area contributed by atoms with Crippen LogP contribution in [0.25, 0.3) is 0 Å². The second-order valence-electron chi connectivity index (χ2n) is 6.42. The molecular formula is C20H35IN4O2. The molecular weight excluding hydrogens is 455 g/mol. The number of aliphatic imine (C=N–C) groups is 1. The van der Waals surface area contributed by atoms with Gasteiger partial charge in [0.25, 0.3) is 0 Å². The fourth-order valence-electron chi connectivity index (χ4n) is 3.10. The van der Waals surface area contributed by atoms with Crippen LogP contribution in [0.2, 0.25) is 0 Å². The molecule has 0 amide bonds. The molecule has 154 valence electrons. The van der Waals surface area contributed by atoms with Gasteiger partial charge in [-0.3, -0.25) is 9.89 Å². The number of hydrogen-bond donors (Lipinski definition) is 2. The molecule has 7 heteroatoms. The summed E-state index contributed by atoms with van der Waals surface area (Å²) in [4.78, 5) is 7.33. The highest BCUT2D eigenvalue weighted by molar-refractivity contribution is 14.0. The Bertz CT molecular complexity index is 551. The molecule has 1 atom stereocenters. The van der Waals surface area contributed by atoms with Gasteiger partial charge in [-0.1, -0.05) is 29.8 Å². The third-order valence-electron chi connectivity index (χ3n) is 4.42. The Morgan fingerprint density at radius 1 is 1.26 bits per heavy atom. The van der Waals surface area contributed by atoms with E-state index in [4.69, 9.17) is 14.5 Å². The molecule has 2 N–H and O–H groups in total. The zero-order chi connectivity index (χ0) is 18.6. The Kier molecular flexibility index (Phi) is 12.6. The minimum Gasteiger partial charge on any atom is -0.380 e. The van der Waals surface area contributed by atoms with Crippen LogP contribution < -0.4 is 10.6 Å². The molecule has 0 saturated carbocycles. The number of benzene rings is 1.